The minimum Gasteiger partial charge on any atom is -0.453 e. The molecule has 0 saturated heterocycles. The van der Waals surface area contributed by atoms with Crippen molar-refractivity contribution in [2.75, 3.05) is 4.90 Å². The molecule has 7 aromatic carbocycles. The Hall–Kier alpha value is -5.54. The molecule has 7 aromatic rings. The first-order chi connectivity index (χ1) is 20.3. The van der Waals surface area contributed by atoms with Crippen molar-refractivity contribution in [1.29, 1.82) is 0 Å². The van der Waals surface area contributed by atoms with Crippen molar-refractivity contribution in [3.05, 3.63) is 152 Å². The lowest BCUT2D eigenvalue weighted by atomic mass is 10.0. The van der Waals surface area contributed by atoms with E-state index in [1.165, 1.54) is 21.9 Å². The quantitative estimate of drug-likeness (QED) is 0.227. The monoisotopic (exact) mass is 527 g/mol. The van der Waals surface area contributed by atoms with Gasteiger partial charge < -0.3 is 14.4 Å². The van der Waals surface area contributed by atoms with E-state index < -0.39 is 0 Å². The van der Waals surface area contributed by atoms with E-state index in [9.17, 15) is 0 Å². The second-order valence-electron chi connectivity index (χ2n) is 10.2. The van der Waals surface area contributed by atoms with Gasteiger partial charge in [-0.25, -0.2) is 0 Å². The summed E-state index contributed by atoms with van der Waals surface area (Å²) in [4.78, 5) is 2.27. The van der Waals surface area contributed by atoms with Crippen molar-refractivity contribution in [1.82, 2.24) is 0 Å². The summed E-state index contributed by atoms with van der Waals surface area (Å²) >= 11 is 0. The smallest absolute Gasteiger partial charge is 0.172 e. The maximum absolute atomic E-state index is 6.53. The van der Waals surface area contributed by atoms with Crippen molar-refractivity contribution in [2.45, 2.75) is 0 Å². The molecule has 0 aromatic heterocycles. The van der Waals surface area contributed by atoms with Gasteiger partial charge in [0, 0.05) is 17.4 Å². The molecule has 1 aliphatic heterocycles. The number of rotatable bonds is 4. The van der Waals surface area contributed by atoms with Crippen LogP contribution in [0.25, 0.3) is 32.7 Å². The summed E-state index contributed by atoms with van der Waals surface area (Å²) in [5.41, 5.74) is 5.47. The molecule has 8 rings (SSSR count). The number of anilines is 3. The van der Waals surface area contributed by atoms with Gasteiger partial charge in [0.1, 0.15) is 11.5 Å². The van der Waals surface area contributed by atoms with Gasteiger partial charge in [0.05, 0.1) is 11.1 Å². The summed E-state index contributed by atoms with van der Waals surface area (Å²) in [6.07, 6.45) is 0. The van der Waals surface area contributed by atoms with Crippen LogP contribution in [-0.4, -0.2) is 0 Å². The van der Waals surface area contributed by atoms with Gasteiger partial charge in [-0.15, -0.1) is 0 Å². The highest BCUT2D eigenvalue weighted by atomic mass is 16.5. The molecular weight excluding hydrogens is 502 g/mol. The number of benzene rings is 7. The topological polar surface area (TPSA) is 21.7 Å². The summed E-state index contributed by atoms with van der Waals surface area (Å²) in [5, 5.41) is 4.47. The van der Waals surface area contributed by atoms with Crippen LogP contribution in [0, 0.1) is 0 Å². The highest BCUT2D eigenvalue weighted by molar-refractivity contribution is 5.95. The van der Waals surface area contributed by atoms with Crippen LogP contribution in [0.3, 0.4) is 0 Å². The fourth-order valence-corrected chi connectivity index (χ4v) is 5.68. The second-order valence-corrected chi connectivity index (χ2v) is 10.2. The minimum atomic E-state index is 0.679. The SMILES string of the molecule is c1ccc(-c2ccc(N(c3ccc4c(c3)Oc3cccc5cccc(c35)O4)c3ccc4ccccc4c3)cc2)cc1. The Kier molecular flexibility index (Phi) is 5.46. The van der Waals surface area contributed by atoms with Crippen LogP contribution in [0.5, 0.6) is 23.0 Å². The molecular formula is C38H25NO2. The normalized spacial score (nSPS) is 11.8. The van der Waals surface area contributed by atoms with Crippen LogP contribution in [-0.2, 0) is 0 Å². The molecule has 0 radical (unpaired) electrons. The van der Waals surface area contributed by atoms with E-state index in [4.69, 9.17) is 9.47 Å². The van der Waals surface area contributed by atoms with Gasteiger partial charge in [-0.2, -0.15) is 0 Å². The summed E-state index contributed by atoms with van der Waals surface area (Å²) < 4.78 is 12.9. The van der Waals surface area contributed by atoms with Gasteiger partial charge in [-0.3, -0.25) is 0 Å². The molecule has 1 aliphatic rings. The highest BCUT2D eigenvalue weighted by Gasteiger charge is 2.21. The molecule has 0 bridgehead atoms. The molecule has 0 unspecified atom stereocenters. The Morgan fingerprint density at radius 2 is 0.927 bits per heavy atom. The van der Waals surface area contributed by atoms with Gasteiger partial charge in [0.25, 0.3) is 0 Å². The number of fused-ring (bicyclic) bond motifs is 2. The van der Waals surface area contributed by atoms with Gasteiger partial charge in [0.2, 0.25) is 0 Å². The summed E-state index contributed by atoms with van der Waals surface area (Å²) in [5.74, 6) is 2.96. The fourth-order valence-electron chi connectivity index (χ4n) is 5.68. The zero-order valence-corrected chi connectivity index (χ0v) is 22.2. The van der Waals surface area contributed by atoms with E-state index >= 15 is 0 Å². The molecule has 3 nitrogen and oxygen atoms in total. The van der Waals surface area contributed by atoms with Crippen molar-refractivity contribution >= 4 is 38.6 Å². The van der Waals surface area contributed by atoms with Crippen molar-refractivity contribution in [3.8, 4) is 34.1 Å². The van der Waals surface area contributed by atoms with Gasteiger partial charge in [0.15, 0.2) is 11.5 Å². The molecule has 0 atom stereocenters. The van der Waals surface area contributed by atoms with E-state index in [0.29, 0.717) is 11.5 Å². The van der Waals surface area contributed by atoms with Crippen LogP contribution in [0.15, 0.2) is 152 Å². The Balaban J connectivity index is 1.26. The first-order valence-corrected chi connectivity index (χ1v) is 13.8. The molecule has 0 N–H and O–H groups in total. The zero-order valence-electron chi connectivity index (χ0n) is 22.2. The molecule has 3 heteroatoms. The molecule has 41 heavy (non-hydrogen) atoms. The Morgan fingerprint density at radius 1 is 0.341 bits per heavy atom. The fraction of sp³-hybridized carbons (Fsp3) is 0. The maximum Gasteiger partial charge on any atom is 0.172 e. The van der Waals surface area contributed by atoms with E-state index in [-0.39, 0.29) is 0 Å². The molecule has 0 saturated carbocycles. The molecule has 0 spiro atoms. The predicted molar refractivity (Wildman–Crippen MR) is 168 cm³/mol. The maximum atomic E-state index is 6.53. The third-order valence-electron chi connectivity index (χ3n) is 7.68. The Labute approximate surface area is 238 Å². The summed E-state index contributed by atoms with van der Waals surface area (Å²) in [7, 11) is 0. The lowest BCUT2D eigenvalue weighted by Gasteiger charge is -2.26. The average Bonchev–Trinajstić information content (AvgIpc) is 3.19. The molecule has 194 valence electrons. The Bertz CT molecular complexity index is 2040. The van der Waals surface area contributed by atoms with Crippen LogP contribution >= 0.6 is 0 Å². The molecule has 0 aliphatic carbocycles. The highest BCUT2D eigenvalue weighted by Crippen LogP contribution is 2.48. The van der Waals surface area contributed by atoms with E-state index in [1.807, 2.05) is 36.4 Å². The van der Waals surface area contributed by atoms with E-state index in [0.717, 1.165) is 39.3 Å². The standard InChI is InChI=1S/C38H25NO2/c1-2-8-26(9-3-1)28-16-19-31(20-17-28)39(32-21-18-27-10-4-5-11-30(27)24-32)33-22-23-34-37(25-33)41-36-15-7-13-29-12-6-14-35(40-34)38(29)36/h1-25H. The van der Waals surface area contributed by atoms with Crippen LogP contribution < -0.4 is 14.4 Å². The lowest BCUT2D eigenvalue weighted by molar-refractivity contribution is 0.439. The van der Waals surface area contributed by atoms with Crippen LogP contribution in [0.1, 0.15) is 0 Å². The number of hydrogen-bond donors (Lipinski definition) is 0. The summed E-state index contributed by atoms with van der Waals surface area (Å²) in [6.45, 7) is 0. The van der Waals surface area contributed by atoms with Gasteiger partial charge >= 0.3 is 0 Å². The van der Waals surface area contributed by atoms with Crippen LogP contribution in [0.2, 0.25) is 0 Å². The first kappa shape index (κ1) is 23.4. The van der Waals surface area contributed by atoms with Crippen molar-refractivity contribution < 1.29 is 9.47 Å². The lowest BCUT2D eigenvalue weighted by Crippen LogP contribution is -2.10. The van der Waals surface area contributed by atoms with Crippen molar-refractivity contribution in [3.63, 3.8) is 0 Å². The molecule has 1 heterocycles. The van der Waals surface area contributed by atoms with Crippen LogP contribution in [0.4, 0.5) is 17.1 Å². The molecule has 0 amide bonds. The first-order valence-electron chi connectivity index (χ1n) is 13.8. The second kappa shape index (κ2) is 9.58. The average molecular weight is 528 g/mol. The zero-order chi connectivity index (χ0) is 27.2. The van der Waals surface area contributed by atoms with Gasteiger partial charge in [-0.1, -0.05) is 97.1 Å². The number of hydrogen-bond acceptors (Lipinski definition) is 3. The summed E-state index contributed by atoms with van der Waals surface area (Å²) in [6, 6.07) is 52.6. The van der Waals surface area contributed by atoms with E-state index in [2.05, 4.69) is 120 Å². The molecule has 0 fully saturated rings. The minimum absolute atomic E-state index is 0.679. The van der Waals surface area contributed by atoms with Gasteiger partial charge in [-0.05, 0) is 75.8 Å². The number of ether oxygens (including phenoxy) is 2. The third-order valence-corrected chi connectivity index (χ3v) is 7.68. The predicted octanol–water partition coefficient (Wildman–Crippen LogP) is 11.0. The van der Waals surface area contributed by atoms with E-state index in [1.54, 1.807) is 0 Å². The third kappa shape index (κ3) is 4.16. The van der Waals surface area contributed by atoms with Crippen molar-refractivity contribution in [2.24, 2.45) is 0 Å². The largest absolute Gasteiger partial charge is 0.453 e. The number of nitrogens with zero attached hydrogens (tertiary/aromatic N) is 1. The Morgan fingerprint density at radius 3 is 1.71 bits per heavy atom.